The van der Waals surface area contributed by atoms with Gasteiger partial charge in [0.2, 0.25) is 5.88 Å². The molecule has 13 heteroatoms. The number of ether oxygens (including phenoxy) is 2. The van der Waals surface area contributed by atoms with Crippen LogP contribution in [0.2, 0.25) is 5.15 Å². The third-order valence-corrected chi connectivity index (χ3v) is 13.3. The second-order valence-corrected chi connectivity index (χ2v) is 18.6. The molecular weight excluding hydrogens is 746 g/mol. The maximum atomic E-state index is 13.3. The number of anilines is 1. The number of pyridine rings is 2. The molecule has 4 aliphatic rings. The third-order valence-electron chi connectivity index (χ3n) is 12.3. The lowest BCUT2D eigenvalue weighted by atomic mass is 9.86. The number of amides is 2. The predicted octanol–water partition coefficient (Wildman–Crippen LogP) is 9.16. The van der Waals surface area contributed by atoms with E-state index in [1.165, 1.54) is 31.2 Å². The Morgan fingerprint density at radius 3 is 2.45 bits per heavy atom. The van der Waals surface area contributed by atoms with Gasteiger partial charge in [-0.3, -0.25) is 9.52 Å². The Balaban J connectivity index is 0.786. The van der Waals surface area contributed by atoms with Crippen LogP contribution in [0.4, 0.5) is 10.6 Å². The number of carbonyl (C=O) groups is 2. The molecule has 3 saturated carbocycles. The summed E-state index contributed by atoms with van der Waals surface area (Å²) in [6.07, 6.45) is 11.8. The van der Waals surface area contributed by atoms with Crippen molar-refractivity contribution in [3.8, 4) is 11.7 Å². The minimum absolute atomic E-state index is 0.0806. The van der Waals surface area contributed by atoms with E-state index >= 15 is 0 Å². The van der Waals surface area contributed by atoms with Crippen molar-refractivity contribution in [3.63, 3.8) is 0 Å². The normalized spacial score (nSPS) is 21.6. The van der Waals surface area contributed by atoms with Crippen LogP contribution >= 0.6 is 23.5 Å². The summed E-state index contributed by atoms with van der Waals surface area (Å²) in [5.74, 6) is 2.60. The largest absolute Gasteiger partial charge is 0.477 e. The zero-order chi connectivity index (χ0) is 39.1. The smallest absolute Gasteiger partial charge is 0.410 e. The lowest BCUT2D eigenvalue weighted by molar-refractivity contribution is 0.0105. The molecule has 3 aliphatic carbocycles. The molecule has 296 valence electrons. The highest BCUT2D eigenvalue weighted by molar-refractivity contribution is 7.97. The second-order valence-electron chi connectivity index (χ2n) is 17.4. The van der Waals surface area contributed by atoms with E-state index in [2.05, 4.69) is 44.2 Å². The lowest BCUT2D eigenvalue weighted by Gasteiger charge is -2.36. The van der Waals surface area contributed by atoms with Gasteiger partial charge in [-0.25, -0.2) is 19.4 Å². The van der Waals surface area contributed by atoms with Crippen molar-refractivity contribution in [1.29, 1.82) is 0 Å². The highest BCUT2D eigenvalue weighted by atomic mass is 35.5. The van der Waals surface area contributed by atoms with Crippen LogP contribution in [0, 0.1) is 22.7 Å². The summed E-state index contributed by atoms with van der Waals surface area (Å²) >= 11 is 7.61. The van der Waals surface area contributed by atoms with Gasteiger partial charge in [-0.15, -0.1) is 5.10 Å². The van der Waals surface area contributed by atoms with Gasteiger partial charge in [-0.05, 0) is 138 Å². The summed E-state index contributed by atoms with van der Waals surface area (Å²) in [6, 6.07) is 21.2. The van der Waals surface area contributed by atoms with Gasteiger partial charge in [0.15, 0.2) is 5.82 Å². The Morgan fingerprint density at radius 2 is 1.73 bits per heavy atom. The minimum atomic E-state index is -0.555. The number of fused-ring (bicyclic) bond motifs is 1. The summed E-state index contributed by atoms with van der Waals surface area (Å²) < 4.78 is 16.3. The molecule has 3 aromatic heterocycles. The summed E-state index contributed by atoms with van der Waals surface area (Å²) in [4.78, 5) is 37.5. The number of likely N-dealkylation sites (tertiary alicyclic amines) is 1. The molecule has 2 atom stereocenters. The highest BCUT2D eigenvalue weighted by Crippen LogP contribution is 2.93. The molecule has 1 aromatic carbocycles. The van der Waals surface area contributed by atoms with Crippen LogP contribution in [0.25, 0.3) is 5.82 Å². The monoisotopic (exact) mass is 797 g/mol. The first-order valence-electron chi connectivity index (χ1n) is 19.9. The quantitative estimate of drug-likeness (QED) is 0.0689. The van der Waals surface area contributed by atoms with Gasteiger partial charge in [0.1, 0.15) is 21.6 Å². The van der Waals surface area contributed by atoms with Crippen molar-refractivity contribution >= 4 is 41.4 Å². The number of nitrogens with one attached hydrogen (secondary N) is 2. The fraction of sp³-hybridized carbons (Fsp3) is 0.512. The van der Waals surface area contributed by atoms with E-state index in [1.807, 2.05) is 68.1 Å². The van der Waals surface area contributed by atoms with Crippen LogP contribution < -0.4 is 14.8 Å². The average Bonchev–Trinajstić information content (AvgIpc) is 4.11. The molecule has 2 spiro atoms. The van der Waals surface area contributed by atoms with Gasteiger partial charge in [-0.2, -0.15) is 0 Å². The Kier molecular flexibility index (Phi) is 10.5. The second kappa shape index (κ2) is 15.2. The number of rotatable bonds is 15. The number of aromatic nitrogens is 4. The summed E-state index contributed by atoms with van der Waals surface area (Å²) in [6.45, 7) is 9.99. The first kappa shape index (κ1) is 38.6. The van der Waals surface area contributed by atoms with Crippen LogP contribution in [0.1, 0.15) is 95.0 Å². The molecule has 4 heterocycles. The fourth-order valence-electron chi connectivity index (χ4n) is 9.48. The summed E-state index contributed by atoms with van der Waals surface area (Å²) in [5.41, 5.74) is 1.95. The molecule has 4 fully saturated rings. The van der Waals surface area contributed by atoms with Crippen molar-refractivity contribution in [2.24, 2.45) is 22.7 Å². The number of hydrogen-bond donors (Lipinski definition) is 2. The molecule has 1 aliphatic heterocycles. The van der Waals surface area contributed by atoms with E-state index in [4.69, 9.17) is 21.1 Å². The summed E-state index contributed by atoms with van der Waals surface area (Å²) in [5, 5.41) is 8.66. The van der Waals surface area contributed by atoms with E-state index in [0.717, 1.165) is 62.3 Å². The van der Waals surface area contributed by atoms with E-state index in [9.17, 15) is 9.59 Å². The Bertz CT molecular complexity index is 2050. The Labute approximate surface area is 338 Å². The number of nitrogens with zero attached hydrogens (tertiary/aromatic N) is 5. The maximum Gasteiger partial charge on any atom is 0.410 e. The molecule has 0 bridgehead atoms. The van der Waals surface area contributed by atoms with Crippen molar-refractivity contribution in [3.05, 3.63) is 89.2 Å². The molecule has 2 N–H and O–H groups in total. The lowest BCUT2D eigenvalue weighted by Crippen LogP contribution is -2.48. The van der Waals surface area contributed by atoms with Crippen LogP contribution in [-0.4, -0.2) is 67.5 Å². The molecule has 0 radical (unpaired) electrons. The number of halogens is 1. The van der Waals surface area contributed by atoms with Gasteiger partial charge in [0, 0.05) is 42.8 Å². The zero-order valence-electron chi connectivity index (χ0n) is 32.7. The van der Waals surface area contributed by atoms with Gasteiger partial charge < -0.3 is 19.7 Å². The van der Waals surface area contributed by atoms with Gasteiger partial charge in [-0.1, -0.05) is 48.0 Å². The molecule has 56 heavy (non-hydrogen) atoms. The van der Waals surface area contributed by atoms with Crippen molar-refractivity contribution in [2.75, 3.05) is 25.0 Å². The molecule has 2 amide bonds. The van der Waals surface area contributed by atoms with E-state index in [0.29, 0.717) is 46.6 Å². The van der Waals surface area contributed by atoms with E-state index in [-0.39, 0.29) is 28.3 Å². The van der Waals surface area contributed by atoms with Crippen molar-refractivity contribution in [1.82, 2.24) is 29.4 Å². The van der Waals surface area contributed by atoms with Crippen molar-refractivity contribution < 1.29 is 19.1 Å². The maximum absolute atomic E-state index is 13.3. The fourth-order valence-corrected chi connectivity index (χ4v) is 10.3. The zero-order valence-corrected chi connectivity index (χ0v) is 34.3. The van der Waals surface area contributed by atoms with Gasteiger partial charge >= 0.3 is 6.09 Å². The summed E-state index contributed by atoms with van der Waals surface area (Å²) in [7, 11) is 0. The Hall–Kier alpha value is -4.29. The van der Waals surface area contributed by atoms with Gasteiger partial charge in [0.25, 0.3) is 5.91 Å². The highest BCUT2D eigenvalue weighted by Gasteiger charge is 2.85. The molecule has 8 rings (SSSR count). The SMILES string of the molecule is CC(C)(C)OC(=O)N1CC(CCCNc2cccc(SNC(=O)c3ccc(-n4ccc(OCCC5C6(CC6)C56CC6)n4)nc3Cl)n2)CC1(C)Cc1ccccc1. The first-order valence-corrected chi connectivity index (χ1v) is 21.1. The Morgan fingerprint density at radius 1 is 0.964 bits per heavy atom. The standard InChI is InChI=1S/C43H52ClN7O4S/c1-40(2,3)55-39(53)50-28-30(27-41(50,4)26-29-10-6-5-7-11-29)12-9-23-45-33-13-8-14-36(46-33)56-49-38(52)31-15-16-34(47-37(31)44)51-24-17-35(48-51)54-25-18-32-42(19-20-42)43(32)21-22-43/h5-8,10-11,13-17,24,30,32H,9,12,18-23,25-28H2,1-4H3,(H,45,46)(H,49,52). The van der Waals surface area contributed by atoms with Crippen molar-refractivity contribution in [2.45, 2.75) is 102 Å². The number of hydrogen-bond acceptors (Lipinski definition) is 9. The molecular formula is C43H52ClN7O4S. The van der Waals surface area contributed by atoms with Crippen LogP contribution in [0.3, 0.4) is 0 Å². The topological polar surface area (TPSA) is 124 Å². The molecule has 4 aromatic rings. The van der Waals surface area contributed by atoms with Crippen LogP contribution in [0.15, 0.2) is 78.0 Å². The third kappa shape index (κ3) is 8.23. The first-order chi connectivity index (χ1) is 26.9. The minimum Gasteiger partial charge on any atom is -0.477 e. The van der Waals surface area contributed by atoms with Gasteiger partial charge in [0.05, 0.1) is 12.2 Å². The number of carbonyl (C=O) groups excluding carboxylic acids is 2. The molecule has 11 nitrogen and oxygen atoms in total. The molecule has 2 unspecified atom stereocenters. The van der Waals surface area contributed by atoms with Crippen LogP contribution in [0.5, 0.6) is 5.88 Å². The molecule has 1 saturated heterocycles. The average molecular weight is 798 g/mol. The number of benzene rings is 1. The predicted molar refractivity (Wildman–Crippen MR) is 218 cm³/mol. The van der Waals surface area contributed by atoms with E-state index < -0.39 is 5.60 Å². The van der Waals surface area contributed by atoms with Crippen LogP contribution in [-0.2, 0) is 11.2 Å². The van der Waals surface area contributed by atoms with E-state index in [1.54, 1.807) is 23.0 Å².